The number of aromatic nitrogens is 3. The molecule has 0 radical (unpaired) electrons. The van der Waals surface area contributed by atoms with Crippen LogP contribution < -0.4 is 10.2 Å². The van der Waals surface area contributed by atoms with Gasteiger partial charge in [-0.3, -0.25) is 9.67 Å². The molecule has 0 saturated carbocycles. The second-order valence-electron chi connectivity index (χ2n) is 6.54. The lowest BCUT2D eigenvalue weighted by Crippen LogP contribution is -2.22. The van der Waals surface area contributed by atoms with Gasteiger partial charge in [0.2, 0.25) is 0 Å². The molecular weight excluding hydrogens is 330 g/mol. The number of carboxylic acids is 1. The van der Waals surface area contributed by atoms with Crippen molar-refractivity contribution in [2.24, 2.45) is 7.05 Å². The molecule has 7 nitrogen and oxygen atoms in total. The first-order chi connectivity index (χ1) is 12.4. The second-order valence-corrected chi connectivity index (χ2v) is 6.54. The minimum absolute atomic E-state index is 0.144. The summed E-state index contributed by atoms with van der Waals surface area (Å²) in [7, 11) is 3.94. The summed E-state index contributed by atoms with van der Waals surface area (Å²) in [5.41, 5.74) is 6.44. The number of rotatable bonds is 3. The van der Waals surface area contributed by atoms with E-state index in [-0.39, 0.29) is 5.56 Å². The molecule has 4 rings (SSSR count). The number of carboxylic acid groups (broad SMARTS) is 1. The number of pyridine rings is 1. The van der Waals surface area contributed by atoms with E-state index >= 15 is 0 Å². The van der Waals surface area contributed by atoms with Crippen LogP contribution >= 0.6 is 0 Å². The Bertz CT molecular complexity index is 1020. The summed E-state index contributed by atoms with van der Waals surface area (Å²) in [4.78, 5) is 17.8. The number of aryl methyl sites for hydroxylation is 2. The predicted molar refractivity (Wildman–Crippen MR) is 100.0 cm³/mol. The summed E-state index contributed by atoms with van der Waals surface area (Å²) >= 11 is 0. The van der Waals surface area contributed by atoms with Gasteiger partial charge in [0.15, 0.2) is 0 Å². The van der Waals surface area contributed by atoms with Crippen molar-refractivity contribution in [2.75, 3.05) is 17.3 Å². The van der Waals surface area contributed by atoms with Gasteiger partial charge < -0.3 is 15.3 Å². The first-order valence-corrected chi connectivity index (χ1v) is 8.28. The van der Waals surface area contributed by atoms with Gasteiger partial charge in [-0.2, -0.15) is 5.10 Å². The summed E-state index contributed by atoms with van der Waals surface area (Å²) in [6, 6.07) is 7.69. The van der Waals surface area contributed by atoms with Gasteiger partial charge in [-0.05, 0) is 19.1 Å². The predicted octanol–water partition coefficient (Wildman–Crippen LogP) is 3.18. The maximum Gasteiger partial charge on any atom is 0.339 e. The van der Waals surface area contributed by atoms with E-state index in [1.807, 2.05) is 50.1 Å². The third-order valence-corrected chi connectivity index (χ3v) is 4.53. The zero-order valence-corrected chi connectivity index (χ0v) is 14.8. The van der Waals surface area contributed by atoms with Crippen molar-refractivity contribution in [3.8, 4) is 11.3 Å². The van der Waals surface area contributed by atoms with Gasteiger partial charge in [0.1, 0.15) is 5.56 Å². The van der Waals surface area contributed by atoms with E-state index in [0.29, 0.717) is 5.69 Å². The number of aromatic carboxylic acids is 1. The maximum atomic E-state index is 11.5. The smallest absolute Gasteiger partial charge is 0.339 e. The number of hydrogen-bond acceptors (Lipinski definition) is 5. The van der Waals surface area contributed by atoms with Gasteiger partial charge in [0, 0.05) is 49.9 Å². The number of nitrogens with one attached hydrogen (secondary N) is 1. The molecule has 0 amide bonds. The minimum Gasteiger partial charge on any atom is -0.478 e. The molecule has 0 fully saturated rings. The van der Waals surface area contributed by atoms with Crippen molar-refractivity contribution in [3.63, 3.8) is 0 Å². The molecule has 1 aliphatic rings. The largest absolute Gasteiger partial charge is 0.478 e. The van der Waals surface area contributed by atoms with Gasteiger partial charge in [0.05, 0.1) is 22.8 Å². The third kappa shape index (κ3) is 2.57. The van der Waals surface area contributed by atoms with Crippen LogP contribution in [0.2, 0.25) is 0 Å². The lowest BCUT2D eigenvalue weighted by Gasteiger charge is -2.29. The Hall–Kier alpha value is -3.35. The van der Waals surface area contributed by atoms with Crippen LogP contribution in [-0.4, -0.2) is 32.9 Å². The molecule has 1 aromatic carbocycles. The highest BCUT2D eigenvalue weighted by Crippen LogP contribution is 2.43. The van der Waals surface area contributed by atoms with Crippen LogP contribution in [0.3, 0.4) is 0 Å². The van der Waals surface area contributed by atoms with Crippen LogP contribution in [0.25, 0.3) is 11.3 Å². The summed E-state index contributed by atoms with van der Waals surface area (Å²) in [6.07, 6.45) is 3.42. The Morgan fingerprint density at radius 3 is 2.85 bits per heavy atom. The van der Waals surface area contributed by atoms with Crippen molar-refractivity contribution in [3.05, 3.63) is 53.5 Å². The first-order valence-electron chi connectivity index (χ1n) is 8.28. The molecular formula is C19H19N5O2. The summed E-state index contributed by atoms with van der Waals surface area (Å²) in [6.45, 7) is 2.58. The molecule has 0 unspecified atom stereocenters. The van der Waals surface area contributed by atoms with Gasteiger partial charge in [-0.1, -0.05) is 12.1 Å². The number of fused-ring (bicyclic) bond motifs is 3. The van der Waals surface area contributed by atoms with Gasteiger partial charge in [-0.15, -0.1) is 0 Å². The normalized spacial score (nSPS) is 12.5. The van der Waals surface area contributed by atoms with Crippen LogP contribution in [0.4, 0.5) is 17.1 Å². The van der Waals surface area contributed by atoms with Crippen LogP contribution in [-0.2, 0) is 13.6 Å². The molecule has 0 saturated heterocycles. The standard InChI is InChI=1S/C19H19N5O2/c1-11-7-16(14(8-20-11)19(25)26)21-15-6-4-5-13-17-12(10-24(3)22-17)9-23(2)18(13)15/h4-8,10H,9H2,1-3H3,(H,20,21)(H,25,26). The zero-order valence-electron chi connectivity index (χ0n) is 14.8. The van der Waals surface area contributed by atoms with Gasteiger partial charge >= 0.3 is 5.97 Å². The molecule has 1 aliphatic heterocycles. The average Bonchev–Trinajstić information content (AvgIpc) is 2.95. The molecule has 2 aromatic heterocycles. The number of anilines is 3. The number of nitrogens with zero attached hydrogens (tertiary/aromatic N) is 4. The van der Waals surface area contributed by atoms with E-state index in [0.717, 1.165) is 34.9 Å². The molecule has 0 atom stereocenters. The summed E-state index contributed by atoms with van der Waals surface area (Å²) < 4.78 is 1.82. The Labute approximate surface area is 150 Å². The van der Waals surface area contributed by atoms with Gasteiger partial charge in [-0.25, -0.2) is 4.79 Å². The molecule has 3 heterocycles. The number of para-hydroxylation sites is 1. The first kappa shape index (κ1) is 16.1. The molecule has 0 bridgehead atoms. The fourth-order valence-electron chi connectivity index (χ4n) is 3.44. The fourth-order valence-corrected chi connectivity index (χ4v) is 3.44. The second kappa shape index (κ2) is 5.87. The summed E-state index contributed by atoms with van der Waals surface area (Å²) in [5, 5.41) is 17.3. The highest BCUT2D eigenvalue weighted by atomic mass is 16.4. The average molecular weight is 349 g/mol. The maximum absolute atomic E-state index is 11.5. The van der Waals surface area contributed by atoms with E-state index < -0.39 is 5.97 Å². The highest BCUT2D eigenvalue weighted by Gasteiger charge is 2.25. The molecule has 26 heavy (non-hydrogen) atoms. The Balaban J connectivity index is 1.84. The van der Waals surface area contributed by atoms with Crippen LogP contribution in [0.15, 0.2) is 36.7 Å². The third-order valence-electron chi connectivity index (χ3n) is 4.53. The van der Waals surface area contributed by atoms with Gasteiger partial charge in [0.25, 0.3) is 0 Å². The highest BCUT2D eigenvalue weighted by molar-refractivity contribution is 5.97. The monoisotopic (exact) mass is 349 g/mol. The van der Waals surface area contributed by atoms with Crippen molar-refractivity contribution >= 4 is 23.0 Å². The SMILES string of the molecule is Cc1cc(Nc2cccc3c2N(C)Cc2cn(C)nc2-3)c(C(=O)O)cn1. The van der Waals surface area contributed by atoms with Crippen LogP contribution in [0, 0.1) is 6.92 Å². The van der Waals surface area contributed by atoms with Crippen molar-refractivity contribution < 1.29 is 9.90 Å². The quantitative estimate of drug-likeness (QED) is 0.756. The molecule has 0 spiro atoms. The van der Waals surface area contributed by atoms with Crippen LogP contribution in [0.5, 0.6) is 0 Å². The number of hydrogen-bond donors (Lipinski definition) is 2. The minimum atomic E-state index is -1.01. The van der Waals surface area contributed by atoms with Crippen molar-refractivity contribution in [2.45, 2.75) is 13.5 Å². The lowest BCUT2D eigenvalue weighted by atomic mass is 9.99. The molecule has 0 aliphatic carbocycles. The molecule has 7 heteroatoms. The number of benzene rings is 1. The van der Waals surface area contributed by atoms with E-state index in [9.17, 15) is 9.90 Å². The molecule has 3 aromatic rings. The van der Waals surface area contributed by atoms with Crippen molar-refractivity contribution in [1.29, 1.82) is 0 Å². The fraction of sp³-hybridized carbons (Fsp3) is 0.211. The Morgan fingerprint density at radius 2 is 2.08 bits per heavy atom. The topological polar surface area (TPSA) is 83.3 Å². The molecule has 132 valence electrons. The van der Waals surface area contributed by atoms with Crippen molar-refractivity contribution in [1.82, 2.24) is 14.8 Å². The zero-order chi connectivity index (χ0) is 18.4. The van der Waals surface area contributed by atoms with Crippen LogP contribution in [0.1, 0.15) is 21.6 Å². The Kier molecular flexibility index (Phi) is 3.64. The van der Waals surface area contributed by atoms with E-state index in [1.54, 1.807) is 6.07 Å². The Morgan fingerprint density at radius 1 is 1.27 bits per heavy atom. The van der Waals surface area contributed by atoms with E-state index in [2.05, 4.69) is 20.3 Å². The summed E-state index contributed by atoms with van der Waals surface area (Å²) in [5.74, 6) is -1.01. The molecule has 2 N–H and O–H groups in total. The number of carbonyl (C=O) groups is 1. The lowest BCUT2D eigenvalue weighted by molar-refractivity contribution is 0.0697. The van der Waals surface area contributed by atoms with E-state index in [4.69, 9.17) is 0 Å². The van der Waals surface area contributed by atoms with E-state index in [1.165, 1.54) is 11.8 Å².